The van der Waals surface area contributed by atoms with Gasteiger partial charge in [-0.1, -0.05) is 18.2 Å². The SMILES string of the molecule is Nc1ccc(C(=O)N/N=C\c2cn(-c3ccccc3)nc2-c2cccnc2)cc1. The molecule has 4 rings (SSSR count). The van der Waals surface area contributed by atoms with E-state index in [0.29, 0.717) is 16.9 Å². The van der Waals surface area contributed by atoms with Gasteiger partial charge in [-0.05, 0) is 48.5 Å². The highest BCUT2D eigenvalue weighted by atomic mass is 16.2. The topological polar surface area (TPSA) is 98.2 Å². The number of pyridine rings is 1. The molecular formula is C22H18N6O. The van der Waals surface area contributed by atoms with Gasteiger partial charge in [0.05, 0.1) is 11.9 Å². The average Bonchev–Trinajstić information content (AvgIpc) is 3.19. The Morgan fingerprint density at radius 1 is 1.03 bits per heavy atom. The molecule has 7 nitrogen and oxygen atoms in total. The zero-order valence-corrected chi connectivity index (χ0v) is 15.4. The molecule has 0 saturated carbocycles. The van der Waals surface area contributed by atoms with Gasteiger partial charge in [0.25, 0.3) is 5.91 Å². The summed E-state index contributed by atoms with van der Waals surface area (Å²) in [5.41, 5.74) is 12.5. The molecule has 2 heterocycles. The first-order valence-corrected chi connectivity index (χ1v) is 8.95. The Hall–Kier alpha value is -4.26. The van der Waals surface area contributed by atoms with Crippen molar-refractivity contribution in [2.45, 2.75) is 0 Å². The van der Waals surface area contributed by atoms with Crippen LogP contribution < -0.4 is 11.2 Å². The summed E-state index contributed by atoms with van der Waals surface area (Å²) in [6.07, 6.45) is 6.88. The Morgan fingerprint density at radius 2 is 1.83 bits per heavy atom. The number of anilines is 1. The van der Waals surface area contributed by atoms with Crippen LogP contribution in [-0.4, -0.2) is 26.9 Å². The molecule has 0 radical (unpaired) electrons. The van der Waals surface area contributed by atoms with Gasteiger partial charge in [0.2, 0.25) is 0 Å². The first kappa shape index (κ1) is 18.1. The fourth-order valence-corrected chi connectivity index (χ4v) is 2.78. The number of nitrogens with zero attached hydrogens (tertiary/aromatic N) is 4. The van der Waals surface area contributed by atoms with Gasteiger partial charge in [-0.15, -0.1) is 0 Å². The predicted octanol–water partition coefficient (Wildman–Crippen LogP) is 3.28. The van der Waals surface area contributed by atoms with Crippen LogP contribution in [-0.2, 0) is 0 Å². The molecule has 4 aromatic rings. The quantitative estimate of drug-likeness (QED) is 0.314. The first-order valence-electron chi connectivity index (χ1n) is 8.95. The minimum Gasteiger partial charge on any atom is -0.399 e. The van der Waals surface area contributed by atoms with Crippen LogP contribution in [0.4, 0.5) is 5.69 Å². The lowest BCUT2D eigenvalue weighted by Crippen LogP contribution is -2.17. The Kier molecular flexibility index (Phi) is 5.11. The van der Waals surface area contributed by atoms with Crippen molar-refractivity contribution >= 4 is 17.8 Å². The predicted molar refractivity (Wildman–Crippen MR) is 113 cm³/mol. The summed E-state index contributed by atoms with van der Waals surface area (Å²) in [5.74, 6) is -0.320. The summed E-state index contributed by atoms with van der Waals surface area (Å²) in [5, 5.41) is 8.78. The van der Waals surface area contributed by atoms with Gasteiger partial charge in [-0.3, -0.25) is 9.78 Å². The zero-order valence-electron chi connectivity index (χ0n) is 15.4. The second kappa shape index (κ2) is 8.18. The number of rotatable bonds is 5. The number of amides is 1. The number of hydrogen-bond acceptors (Lipinski definition) is 5. The summed E-state index contributed by atoms with van der Waals surface area (Å²) < 4.78 is 1.77. The number of aromatic nitrogens is 3. The Morgan fingerprint density at radius 3 is 2.55 bits per heavy atom. The van der Waals surface area contributed by atoms with Crippen molar-refractivity contribution in [3.63, 3.8) is 0 Å². The van der Waals surface area contributed by atoms with Crippen molar-refractivity contribution in [3.8, 4) is 16.9 Å². The number of nitrogen functional groups attached to an aromatic ring is 1. The van der Waals surface area contributed by atoms with E-state index in [9.17, 15) is 4.79 Å². The Balaban J connectivity index is 1.61. The Bertz CT molecular complexity index is 1140. The Labute approximate surface area is 167 Å². The van der Waals surface area contributed by atoms with E-state index in [1.54, 1.807) is 47.6 Å². The number of nitrogens with one attached hydrogen (secondary N) is 1. The molecule has 0 aliphatic carbocycles. The van der Waals surface area contributed by atoms with E-state index in [1.165, 1.54) is 0 Å². The zero-order chi connectivity index (χ0) is 20.1. The van der Waals surface area contributed by atoms with Crippen LogP contribution in [0.2, 0.25) is 0 Å². The van der Waals surface area contributed by atoms with Crippen LogP contribution in [0.15, 0.2) is 90.4 Å². The maximum atomic E-state index is 12.2. The van der Waals surface area contributed by atoms with Gasteiger partial charge in [-0.2, -0.15) is 10.2 Å². The minimum atomic E-state index is -0.320. The van der Waals surface area contributed by atoms with Gasteiger partial charge in [-0.25, -0.2) is 10.1 Å². The normalized spacial score (nSPS) is 10.9. The third-order valence-corrected chi connectivity index (χ3v) is 4.24. The number of benzene rings is 2. The first-order chi connectivity index (χ1) is 14.2. The second-order valence-corrected chi connectivity index (χ2v) is 6.28. The summed E-state index contributed by atoms with van der Waals surface area (Å²) in [6, 6.07) is 20.2. The van der Waals surface area contributed by atoms with Crippen molar-refractivity contribution in [2.75, 3.05) is 5.73 Å². The van der Waals surface area contributed by atoms with E-state index in [0.717, 1.165) is 16.8 Å². The molecule has 0 bridgehead atoms. The summed E-state index contributed by atoms with van der Waals surface area (Å²) >= 11 is 0. The van der Waals surface area contributed by atoms with Crippen molar-refractivity contribution in [1.29, 1.82) is 0 Å². The van der Waals surface area contributed by atoms with E-state index in [2.05, 4.69) is 20.6 Å². The number of hydrazone groups is 1. The van der Waals surface area contributed by atoms with E-state index < -0.39 is 0 Å². The lowest BCUT2D eigenvalue weighted by molar-refractivity contribution is 0.0955. The number of nitrogens with two attached hydrogens (primary N) is 1. The van der Waals surface area contributed by atoms with Crippen LogP contribution in [0.1, 0.15) is 15.9 Å². The molecule has 3 N–H and O–H groups in total. The minimum absolute atomic E-state index is 0.320. The van der Waals surface area contributed by atoms with Crippen LogP contribution in [0.3, 0.4) is 0 Å². The standard InChI is InChI=1S/C22H18N6O/c23-19-10-8-16(9-11-19)22(29)26-25-14-18-15-28(20-6-2-1-3-7-20)27-21(18)17-5-4-12-24-13-17/h1-15H,23H2,(H,26,29)/b25-14-. The summed E-state index contributed by atoms with van der Waals surface area (Å²) in [7, 11) is 0. The lowest BCUT2D eigenvalue weighted by atomic mass is 10.1. The van der Waals surface area contributed by atoms with E-state index >= 15 is 0 Å². The number of hydrogen-bond donors (Lipinski definition) is 2. The lowest BCUT2D eigenvalue weighted by Gasteiger charge is -2.00. The molecule has 0 unspecified atom stereocenters. The summed E-state index contributed by atoms with van der Waals surface area (Å²) in [4.78, 5) is 16.4. The fourth-order valence-electron chi connectivity index (χ4n) is 2.78. The van der Waals surface area contributed by atoms with Crippen molar-refractivity contribution < 1.29 is 4.79 Å². The van der Waals surface area contributed by atoms with Crippen LogP contribution in [0.25, 0.3) is 16.9 Å². The number of carbonyl (C=O) groups excluding carboxylic acids is 1. The van der Waals surface area contributed by atoms with E-state index in [1.807, 2.05) is 48.7 Å². The van der Waals surface area contributed by atoms with Gasteiger partial charge < -0.3 is 5.73 Å². The molecule has 0 aliphatic heterocycles. The maximum Gasteiger partial charge on any atom is 0.271 e. The van der Waals surface area contributed by atoms with Gasteiger partial charge in [0.15, 0.2) is 0 Å². The second-order valence-electron chi connectivity index (χ2n) is 6.28. The molecule has 0 fully saturated rings. The molecule has 2 aromatic heterocycles. The molecule has 0 saturated heterocycles. The van der Waals surface area contributed by atoms with Crippen molar-refractivity contribution in [3.05, 3.63) is 96.4 Å². The third-order valence-electron chi connectivity index (χ3n) is 4.24. The molecule has 0 atom stereocenters. The number of para-hydroxylation sites is 1. The van der Waals surface area contributed by atoms with E-state index in [4.69, 9.17) is 5.73 Å². The number of carbonyl (C=O) groups is 1. The highest BCUT2D eigenvalue weighted by Crippen LogP contribution is 2.21. The van der Waals surface area contributed by atoms with Crippen molar-refractivity contribution in [1.82, 2.24) is 20.2 Å². The fraction of sp³-hybridized carbons (Fsp3) is 0. The molecule has 1 amide bonds. The van der Waals surface area contributed by atoms with Crippen LogP contribution >= 0.6 is 0 Å². The molecule has 2 aromatic carbocycles. The van der Waals surface area contributed by atoms with Gasteiger partial charge in [0, 0.05) is 41.0 Å². The molecule has 0 aliphatic rings. The third kappa shape index (κ3) is 4.19. The van der Waals surface area contributed by atoms with Crippen molar-refractivity contribution in [2.24, 2.45) is 5.10 Å². The molecule has 7 heteroatoms. The van der Waals surface area contributed by atoms with E-state index in [-0.39, 0.29) is 5.91 Å². The smallest absolute Gasteiger partial charge is 0.271 e. The average molecular weight is 382 g/mol. The van der Waals surface area contributed by atoms with Crippen LogP contribution in [0.5, 0.6) is 0 Å². The highest BCUT2D eigenvalue weighted by Gasteiger charge is 2.11. The van der Waals surface area contributed by atoms with Gasteiger partial charge in [0.1, 0.15) is 5.69 Å². The molecule has 0 spiro atoms. The molecule has 29 heavy (non-hydrogen) atoms. The largest absolute Gasteiger partial charge is 0.399 e. The molecular weight excluding hydrogens is 364 g/mol. The highest BCUT2D eigenvalue weighted by molar-refractivity contribution is 5.95. The summed E-state index contributed by atoms with van der Waals surface area (Å²) in [6.45, 7) is 0. The van der Waals surface area contributed by atoms with Crippen LogP contribution in [0, 0.1) is 0 Å². The van der Waals surface area contributed by atoms with Gasteiger partial charge >= 0.3 is 0 Å². The molecule has 142 valence electrons. The maximum absolute atomic E-state index is 12.2. The monoisotopic (exact) mass is 382 g/mol.